The first-order valence-corrected chi connectivity index (χ1v) is 5.58. The third-order valence-corrected chi connectivity index (χ3v) is 2.46. The molecule has 0 aliphatic rings. The number of nitrogens with zero attached hydrogens (tertiary/aromatic N) is 3. The smallest absolute Gasteiger partial charge is 0.411 e. The number of ether oxygens (including phenoxy) is 1. The van der Waals surface area contributed by atoms with Gasteiger partial charge in [0.2, 0.25) is 0 Å². The molecule has 0 unspecified atom stereocenters. The lowest BCUT2D eigenvalue weighted by atomic mass is 10.3. The van der Waals surface area contributed by atoms with Gasteiger partial charge < -0.3 is 9.84 Å². The number of pyridine rings is 1. The lowest BCUT2D eigenvalue weighted by Crippen LogP contribution is -2.18. The first-order valence-electron chi connectivity index (χ1n) is 5.58. The second-order valence-electron chi connectivity index (χ2n) is 3.99. The molecule has 0 radical (unpaired) electrons. The van der Waals surface area contributed by atoms with Gasteiger partial charge in [0.1, 0.15) is 12.4 Å². The second-order valence-corrected chi connectivity index (χ2v) is 3.99. The molecule has 108 valence electrons. The summed E-state index contributed by atoms with van der Waals surface area (Å²) in [5.41, 5.74) is 0.454. The van der Waals surface area contributed by atoms with Gasteiger partial charge in [0.05, 0.1) is 12.2 Å². The number of carboxylic acids is 1. The number of aromatic nitrogens is 3. The number of aromatic carboxylic acids is 1. The van der Waals surface area contributed by atoms with Crippen molar-refractivity contribution >= 4 is 11.6 Å². The zero-order valence-electron chi connectivity index (χ0n) is 10.1. The van der Waals surface area contributed by atoms with E-state index in [0.717, 1.165) is 0 Å². The van der Waals surface area contributed by atoms with Crippen LogP contribution in [-0.4, -0.2) is 45.1 Å². The number of rotatable bonds is 5. The molecule has 2 heterocycles. The van der Waals surface area contributed by atoms with Gasteiger partial charge in [0, 0.05) is 12.6 Å². The Kier molecular flexibility index (Phi) is 3.89. The highest BCUT2D eigenvalue weighted by Crippen LogP contribution is 2.14. The lowest BCUT2D eigenvalue weighted by Gasteiger charge is -2.06. The summed E-state index contributed by atoms with van der Waals surface area (Å²) in [5, 5.41) is 16.4. The molecule has 0 saturated carbocycles. The van der Waals surface area contributed by atoms with Crippen LogP contribution in [0.2, 0.25) is 0 Å². The summed E-state index contributed by atoms with van der Waals surface area (Å²) in [6, 6.07) is 2.84. The molecule has 0 fully saturated rings. The average Bonchev–Trinajstić information content (AvgIpc) is 2.76. The third-order valence-electron chi connectivity index (χ3n) is 2.46. The largest absolute Gasteiger partial charge is 0.478 e. The van der Waals surface area contributed by atoms with Gasteiger partial charge in [0.25, 0.3) is 0 Å². The van der Waals surface area contributed by atoms with E-state index in [2.05, 4.69) is 14.9 Å². The fraction of sp³-hybridized carbons (Fsp3) is 0.364. The highest BCUT2D eigenvalue weighted by Gasteiger charge is 2.27. The molecule has 20 heavy (non-hydrogen) atoms. The van der Waals surface area contributed by atoms with Crippen LogP contribution in [-0.2, 0) is 11.2 Å². The molecule has 0 amide bonds. The van der Waals surface area contributed by atoms with Crippen LogP contribution in [0.25, 0.3) is 5.65 Å². The molecule has 0 aliphatic carbocycles. The van der Waals surface area contributed by atoms with Gasteiger partial charge in [0.15, 0.2) is 5.65 Å². The minimum atomic E-state index is -4.37. The van der Waals surface area contributed by atoms with Crippen molar-refractivity contribution in [2.75, 3.05) is 13.2 Å². The van der Waals surface area contributed by atoms with Crippen molar-refractivity contribution in [1.29, 1.82) is 0 Å². The van der Waals surface area contributed by atoms with Gasteiger partial charge in [-0.1, -0.05) is 0 Å². The molecule has 0 saturated heterocycles. The Morgan fingerprint density at radius 2 is 2.10 bits per heavy atom. The van der Waals surface area contributed by atoms with Gasteiger partial charge >= 0.3 is 12.1 Å². The third kappa shape index (κ3) is 3.44. The Morgan fingerprint density at radius 3 is 2.75 bits per heavy atom. The van der Waals surface area contributed by atoms with E-state index < -0.39 is 18.8 Å². The zero-order valence-corrected chi connectivity index (χ0v) is 10.1. The van der Waals surface area contributed by atoms with Gasteiger partial charge in [-0.3, -0.25) is 4.40 Å². The van der Waals surface area contributed by atoms with Crippen LogP contribution in [0.15, 0.2) is 18.3 Å². The number of hydrogen-bond acceptors (Lipinski definition) is 4. The number of hydrogen-bond donors (Lipinski definition) is 1. The van der Waals surface area contributed by atoms with Crippen LogP contribution in [0.5, 0.6) is 0 Å². The SMILES string of the molecule is O=C(O)c1ccc2nnc(CCOCC(F)(F)F)n2c1. The van der Waals surface area contributed by atoms with Crippen LogP contribution in [0.3, 0.4) is 0 Å². The molecule has 2 rings (SSSR count). The fourth-order valence-electron chi connectivity index (χ4n) is 1.59. The summed E-state index contributed by atoms with van der Waals surface area (Å²) in [6.45, 7) is -1.51. The molecule has 9 heteroatoms. The molecule has 0 spiro atoms. The number of halogens is 3. The standard InChI is InChI=1S/C11H10F3N3O3/c12-11(13,14)6-20-4-3-9-16-15-8-2-1-7(10(18)19)5-17(8)9/h1-2,5H,3-4,6H2,(H,18,19). The van der Waals surface area contributed by atoms with Crippen LogP contribution in [0, 0.1) is 0 Å². The molecule has 1 N–H and O–H groups in total. The van der Waals surface area contributed by atoms with Gasteiger partial charge in [-0.15, -0.1) is 10.2 Å². The molecular weight excluding hydrogens is 279 g/mol. The molecule has 0 atom stereocenters. The highest BCUT2D eigenvalue weighted by molar-refractivity contribution is 5.87. The molecule has 6 nitrogen and oxygen atoms in total. The van der Waals surface area contributed by atoms with Crippen molar-refractivity contribution in [3.05, 3.63) is 29.7 Å². The van der Waals surface area contributed by atoms with E-state index in [1.807, 2.05) is 0 Å². The summed E-state index contributed by atoms with van der Waals surface area (Å²) in [6.07, 6.45) is -2.96. The minimum Gasteiger partial charge on any atom is -0.478 e. The fourth-order valence-corrected chi connectivity index (χ4v) is 1.59. The Hall–Kier alpha value is -2.16. The summed E-state index contributed by atoms with van der Waals surface area (Å²) in [5.74, 6) is -0.773. The normalized spacial score (nSPS) is 11.9. The van der Waals surface area contributed by atoms with E-state index in [0.29, 0.717) is 11.5 Å². The predicted octanol–water partition coefficient (Wildman–Crippen LogP) is 1.55. The maximum Gasteiger partial charge on any atom is 0.411 e. The van der Waals surface area contributed by atoms with Crippen molar-refractivity contribution in [1.82, 2.24) is 14.6 Å². The summed E-state index contributed by atoms with van der Waals surface area (Å²) in [4.78, 5) is 10.8. The Balaban J connectivity index is 2.06. The van der Waals surface area contributed by atoms with Crippen LogP contribution < -0.4 is 0 Å². The topological polar surface area (TPSA) is 76.7 Å². The van der Waals surface area contributed by atoms with Crippen molar-refractivity contribution in [2.24, 2.45) is 0 Å². The van der Waals surface area contributed by atoms with E-state index in [1.54, 1.807) is 0 Å². The van der Waals surface area contributed by atoms with E-state index in [9.17, 15) is 18.0 Å². The van der Waals surface area contributed by atoms with Gasteiger partial charge in [-0.05, 0) is 12.1 Å². The van der Waals surface area contributed by atoms with Crippen LogP contribution >= 0.6 is 0 Å². The molecule has 2 aromatic heterocycles. The Labute approximate surface area is 110 Å². The van der Waals surface area contributed by atoms with Crippen LogP contribution in [0.1, 0.15) is 16.2 Å². The molecule has 0 bridgehead atoms. The zero-order chi connectivity index (χ0) is 14.8. The number of carbonyl (C=O) groups is 1. The molecule has 0 aromatic carbocycles. The number of alkyl halides is 3. The Morgan fingerprint density at radius 1 is 1.35 bits per heavy atom. The van der Waals surface area contributed by atoms with Gasteiger partial charge in [-0.25, -0.2) is 4.79 Å². The summed E-state index contributed by atoms with van der Waals surface area (Å²) < 4.78 is 41.6. The second kappa shape index (κ2) is 5.45. The number of carboxylic acid groups (broad SMARTS) is 1. The molecule has 2 aromatic rings. The van der Waals surface area contributed by atoms with Crippen molar-refractivity contribution in [3.63, 3.8) is 0 Å². The van der Waals surface area contributed by atoms with E-state index in [1.165, 1.54) is 22.7 Å². The molecular formula is C11H10F3N3O3. The molecule has 0 aliphatic heterocycles. The van der Waals surface area contributed by atoms with Crippen LogP contribution in [0.4, 0.5) is 13.2 Å². The summed E-state index contributed by atoms with van der Waals surface area (Å²) in [7, 11) is 0. The highest BCUT2D eigenvalue weighted by atomic mass is 19.4. The lowest BCUT2D eigenvalue weighted by molar-refractivity contribution is -0.173. The van der Waals surface area contributed by atoms with Crippen molar-refractivity contribution in [3.8, 4) is 0 Å². The van der Waals surface area contributed by atoms with E-state index in [-0.39, 0.29) is 18.6 Å². The monoisotopic (exact) mass is 289 g/mol. The van der Waals surface area contributed by atoms with Crippen molar-refractivity contribution in [2.45, 2.75) is 12.6 Å². The minimum absolute atomic E-state index is 0.0368. The quantitative estimate of drug-likeness (QED) is 0.845. The predicted molar refractivity (Wildman–Crippen MR) is 60.5 cm³/mol. The maximum absolute atomic E-state index is 11.9. The van der Waals surface area contributed by atoms with E-state index in [4.69, 9.17) is 5.11 Å². The Bertz CT molecular complexity index is 624. The first kappa shape index (κ1) is 14.3. The number of fused-ring (bicyclic) bond motifs is 1. The average molecular weight is 289 g/mol. The summed E-state index contributed by atoms with van der Waals surface area (Å²) >= 11 is 0. The van der Waals surface area contributed by atoms with E-state index >= 15 is 0 Å². The first-order chi connectivity index (χ1) is 9.37. The maximum atomic E-state index is 11.9. The van der Waals surface area contributed by atoms with Gasteiger partial charge in [-0.2, -0.15) is 13.2 Å². The van der Waals surface area contributed by atoms with Crippen molar-refractivity contribution < 1.29 is 27.8 Å².